The van der Waals surface area contributed by atoms with Gasteiger partial charge < -0.3 is 5.73 Å². The Balaban J connectivity index is 2.23. The molecule has 1 aromatic rings. The topological polar surface area (TPSA) is 38.9 Å². The molecule has 0 aromatic carbocycles. The van der Waals surface area contributed by atoms with E-state index in [-0.39, 0.29) is 0 Å². The van der Waals surface area contributed by atoms with Gasteiger partial charge >= 0.3 is 0 Å². The third-order valence-corrected chi connectivity index (χ3v) is 5.03. The van der Waals surface area contributed by atoms with Crippen LogP contribution in [-0.4, -0.2) is 16.5 Å². The lowest BCUT2D eigenvalue weighted by Crippen LogP contribution is -2.20. The van der Waals surface area contributed by atoms with Crippen LogP contribution >= 0.6 is 23.1 Å². The summed E-state index contributed by atoms with van der Waals surface area (Å²) in [6.45, 7) is 2.88. The summed E-state index contributed by atoms with van der Waals surface area (Å²) in [5.74, 6) is 2.48. The van der Waals surface area contributed by atoms with E-state index in [0.717, 1.165) is 5.69 Å². The van der Waals surface area contributed by atoms with E-state index in [2.05, 4.69) is 17.3 Å². The number of nitrogens with two attached hydrogens (primary N) is 1. The van der Waals surface area contributed by atoms with Gasteiger partial charge in [-0.2, -0.15) is 11.8 Å². The highest BCUT2D eigenvalue weighted by molar-refractivity contribution is 7.99. The third kappa shape index (κ3) is 1.75. The van der Waals surface area contributed by atoms with Crippen molar-refractivity contribution in [2.24, 2.45) is 5.73 Å². The van der Waals surface area contributed by atoms with Crippen LogP contribution in [0.3, 0.4) is 0 Å². The largest absolute Gasteiger partial charge is 0.325 e. The lowest BCUT2D eigenvalue weighted by atomic mass is 9.91. The van der Waals surface area contributed by atoms with Gasteiger partial charge in [0, 0.05) is 23.1 Å². The van der Waals surface area contributed by atoms with Crippen LogP contribution in [0.15, 0.2) is 5.38 Å². The number of hydrogen-bond donors (Lipinski definition) is 1. The number of nitrogens with zero attached hydrogens (tertiary/aromatic N) is 1. The van der Waals surface area contributed by atoms with E-state index in [1.165, 1.54) is 22.9 Å². The van der Waals surface area contributed by atoms with E-state index in [1.807, 2.05) is 11.8 Å². The van der Waals surface area contributed by atoms with Crippen molar-refractivity contribution in [1.82, 2.24) is 4.98 Å². The molecule has 2 nitrogen and oxygen atoms in total. The second kappa shape index (κ2) is 3.59. The fourth-order valence-corrected chi connectivity index (χ4v) is 4.10. The molecule has 1 aliphatic heterocycles. The summed E-state index contributed by atoms with van der Waals surface area (Å²) in [6, 6.07) is 0. The Bertz CT molecular complexity index is 290. The number of aromatic nitrogens is 1. The molecule has 0 radical (unpaired) electrons. The molecule has 0 spiro atoms. The van der Waals surface area contributed by atoms with Gasteiger partial charge in [0.1, 0.15) is 0 Å². The van der Waals surface area contributed by atoms with Crippen LogP contribution in [0.5, 0.6) is 0 Å². The van der Waals surface area contributed by atoms with Crippen LogP contribution in [0.25, 0.3) is 0 Å². The molecule has 0 bridgehead atoms. The van der Waals surface area contributed by atoms with Gasteiger partial charge in [0.05, 0.1) is 10.7 Å². The lowest BCUT2D eigenvalue weighted by molar-refractivity contribution is 0.535. The maximum absolute atomic E-state index is 5.54. The summed E-state index contributed by atoms with van der Waals surface area (Å²) in [4.78, 5) is 4.56. The number of hydrogen-bond acceptors (Lipinski definition) is 4. The molecule has 2 rings (SSSR count). The van der Waals surface area contributed by atoms with Gasteiger partial charge in [0.2, 0.25) is 0 Å². The maximum Gasteiger partial charge on any atom is 0.0996 e. The zero-order chi connectivity index (χ0) is 9.31. The van der Waals surface area contributed by atoms with Crippen molar-refractivity contribution in [1.29, 1.82) is 0 Å². The van der Waals surface area contributed by atoms with Crippen molar-refractivity contribution < 1.29 is 0 Å². The highest BCUT2D eigenvalue weighted by Crippen LogP contribution is 2.39. The second-order valence-corrected chi connectivity index (χ2v) is 5.67. The van der Waals surface area contributed by atoms with Crippen molar-refractivity contribution in [3.8, 4) is 0 Å². The minimum Gasteiger partial charge on any atom is -0.325 e. The summed E-state index contributed by atoms with van der Waals surface area (Å²) in [6.07, 6.45) is 1.26. The van der Waals surface area contributed by atoms with Gasteiger partial charge in [-0.05, 0) is 12.2 Å². The van der Waals surface area contributed by atoms with Crippen LogP contribution in [-0.2, 0) is 12.0 Å². The molecule has 1 atom stereocenters. The number of rotatable bonds is 2. The first-order valence-electron chi connectivity index (χ1n) is 4.47. The smallest absolute Gasteiger partial charge is 0.0996 e. The molecule has 4 heteroatoms. The van der Waals surface area contributed by atoms with Crippen LogP contribution in [0.1, 0.15) is 24.0 Å². The molecule has 1 aliphatic rings. The van der Waals surface area contributed by atoms with Crippen LogP contribution in [0.4, 0.5) is 0 Å². The van der Waals surface area contributed by atoms with Crippen molar-refractivity contribution in [3.63, 3.8) is 0 Å². The van der Waals surface area contributed by atoms with E-state index in [0.29, 0.717) is 12.0 Å². The second-order valence-electron chi connectivity index (χ2n) is 3.71. The minimum absolute atomic E-state index is 0.322. The van der Waals surface area contributed by atoms with Gasteiger partial charge in [-0.15, -0.1) is 11.3 Å². The summed E-state index contributed by atoms with van der Waals surface area (Å²) < 4.78 is 0. The Morgan fingerprint density at radius 2 is 2.54 bits per heavy atom. The van der Waals surface area contributed by atoms with E-state index >= 15 is 0 Å². The molecular formula is C9H14N2S2. The SMILES string of the molecule is CC1(c2nc(CN)cs2)CCSC1. The summed E-state index contributed by atoms with van der Waals surface area (Å²) >= 11 is 3.79. The molecule has 0 aliphatic carbocycles. The van der Waals surface area contributed by atoms with Crippen molar-refractivity contribution in [2.45, 2.75) is 25.3 Å². The molecule has 1 fully saturated rings. The molecule has 0 saturated carbocycles. The zero-order valence-electron chi connectivity index (χ0n) is 7.75. The van der Waals surface area contributed by atoms with Crippen molar-refractivity contribution >= 4 is 23.1 Å². The molecule has 13 heavy (non-hydrogen) atoms. The Labute approximate surface area is 86.9 Å². The van der Waals surface area contributed by atoms with Crippen LogP contribution in [0.2, 0.25) is 0 Å². The Kier molecular flexibility index (Phi) is 2.62. The molecule has 2 heterocycles. The highest BCUT2D eigenvalue weighted by Gasteiger charge is 2.33. The standard InChI is InChI=1S/C9H14N2S2/c1-9(2-3-12-6-9)8-11-7(4-10)5-13-8/h5H,2-4,6,10H2,1H3. The average Bonchev–Trinajstić information content (AvgIpc) is 2.72. The predicted octanol–water partition coefficient (Wildman–Crippen LogP) is 2.00. The fraction of sp³-hybridized carbons (Fsp3) is 0.667. The van der Waals surface area contributed by atoms with E-state index in [4.69, 9.17) is 5.73 Å². The van der Waals surface area contributed by atoms with E-state index in [9.17, 15) is 0 Å². The number of thiazole rings is 1. The Morgan fingerprint density at radius 3 is 3.08 bits per heavy atom. The predicted molar refractivity (Wildman–Crippen MR) is 59.3 cm³/mol. The molecule has 1 unspecified atom stereocenters. The first kappa shape index (κ1) is 9.49. The highest BCUT2D eigenvalue weighted by atomic mass is 32.2. The number of thioether (sulfide) groups is 1. The summed E-state index contributed by atoms with van der Waals surface area (Å²) in [5, 5.41) is 3.36. The van der Waals surface area contributed by atoms with E-state index in [1.54, 1.807) is 11.3 Å². The molecule has 1 aromatic heterocycles. The van der Waals surface area contributed by atoms with Gasteiger partial charge in [-0.3, -0.25) is 0 Å². The van der Waals surface area contributed by atoms with Crippen LogP contribution < -0.4 is 5.73 Å². The fourth-order valence-electron chi connectivity index (χ4n) is 1.51. The molecular weight excluding hydrogens is 200 g/mol. The normalized spacial score (nSPS) is 28.2. The summed E-state index contributed by atoms with van der Waals surface area (Å²) in [5.41, 5.74) is 6.91. The lowest BCUT2D eigenvalue weighted by Gasteiger charge is -2.18. The molecule has 72 valence electrons. The van der Waals surface area contributed by atoms with Gasteiger partial charge in [0.25, 0.3) is 0 Å². The van der Waals surface area contributed by atoms with Crippen molar-refractivity contribution in [3.05, 3.63) is 16.1 Å². The third-order valence-electron chi connectivity index (χ3n) is 2.50. The first-order chi connectivity index (χ1) is 6.24. The zero-order valence-corrected chi connectivity index (χ0v) is 9.38. The monoisotopic (exact) mass is 214 g/mol. The first-order valence-corrected chi connectivity index (χ1v) is 6.51. The summed E-state index contributed by atoms with van der Waals surface area (Å²) in [7, 11) is 0. The Morgan fingerprint density at radius 1 is 1.69 bits per heavy atom. The maximum atomic E-state index is 5.54. The average molecular weight is 214 g/mol. The molecule has 0 amide bonds. The van der Waals surface area contributed by atoms with Gasteiger partial charge in [-0.25, -0.2) is 4.98 Å². The Hall–Kier alpha value is -0.0600. The quantitative estimate of drug-likeness (QED) is 0.818. The van der Waals surface area contributed by atoms with Gasteiger partial charge in [-0.1, -0.05) is 6.92 Å². The minimum atomic E-state index is 0.322. The molecule has 1 saturated heterocycles. The van der Waals surface area contributed by atoms with Gasteiger partial charge in [0.15, 0.2) is 0 Å². The van der Waals surface area contributed by atoms with E-state index < -0.39 is 0 Å². The van der Waals surface area contributed by atoms with Crippen molar-refractivity contribution in [2.75, 3.05) is 11.5 Å². The van der Waals surface area contributed by atoms with Crippen LogP contribution in [0, 0.1) is 0 Å². The molecule has 2 N–H and O–H groups in total.